The van der Waals surface area contributed by atoms with Crippen molar-refractivity contribution in [3.05, 3.63) is 89.4 Å². The zero-order valence-electron chi connectivity index (χ0n) is 30.6. The van der Waals surface area contributed by atoms with Crippen molar-refractivity contribution in [3.8, 4) is 22.6 Å². The molecular formula is C42H52IrN3O2S-. The van der Waals surface area contributed by atoms with Crippen LogP contribution in [0.2, 0.25) is 0 Å². The van der Waals surface area contributed by atoms with Crippen molar-refractivity contribution in [2.24, 2.45) is 17.8 Å². The second kappa shape index (κ2) is 18.1. The van der Waals surface area contributed by atoms with Gasteiger partial charge in [-0.25, -0.2) is 4.98 Å². The summed E-state index contributed by atoms with van der Waals surface area (Å²) in [6.07, 6.45) is 9.59. The van der Waals surface area contributed by atoms with Gasteiger partial charge >= 0.3 is 0 Å². The molecule has 3 aromatic heterocycles. The fourth-order valence-corrected chi connectivity index (χ4v) is 7.06. The minimum Gasteiger partial charge on any atom is -0.512 e. The van der Waals surface area contributed by atoms with E-state index in [-0.39, 0.29) is 48.9 Å². The van der Waals surface area contributed by atoms with E-state index in [1.165, 1.54) is 32.7 Å². The van der Waals surface area contributed by atoms with Gasteiger partial charge in [0.15, 0.2) is 5.78 Å². The maximum Gasteiger partial charge on any atom is 0.162 e. The van der Waals surface area contributed by atoms with Gasteiger partial charge in [-0.1, -0.05) is 91.5 Å². The minimum atomic E-state index is 0. The first-order chi connectivity index (χ1) is 22.9. The maximum absolute atomic E-state index is 11.7. The standard InChI is InChI=1S/C29H28N3S.C13H24O2.Ir/c1-18(2)10-21-16-33-28-15-30-26(13-23(21)28)27-14-25(31-17-32-27)20-11-19-8-6-7-9-22(19)24(12-20)29(3,4)5;1-5-10(6-2)12(14)9-13(15)11(7-3)8-4;/h6-9,12-18H,10H2,1-5H3;9-11,14H,5-8H2,1-4H3;/q-1;;/b;12-9-;. The van der Waals surface area contributed by atoms with E-state index >= 15 is 0 Å². The van der Waals surface area contributed by atoms with Crippen molar-refractivity contribution in [1.29, 1.82) is 0 Å². The molecule has 0 aliphatic rings. The summed E-state index contributed by atoms with van der Waals surface area (Å²) in [6.45, 7) is 19.3. The number of allylic oxidation sites excluding steroid dienone is 2. The summed E-state index contributed by atoms with van der Waals surface area (Å²) in [5.41, 5.74) is 6.26. The number of hydrogen-bond donors (Lipinski definition) is 1. The Labute approximate surface area is 311 Å². The third-order valence-electron chi connectivity index (χ3n) is 9.04. The number of aliphatic hydroxyl groups is 1. The number of benzene rings is 2. The first-order valence-electron chi connectivity index (χ1n) is 17.5. The quantitative estimate of drug-likeness (QED) is 0.0814. The molecule has 5 rings (SSSR count). The number of aromatic nitrogens is 3. The largest absolute Gasteiger partial charge is 0.512 e. The van der Waals surface area contributed by atoms with Crippen LogP contribution < -0.4 is 0 Å². The topological polar surface area (TPSA) is 76.0 Å². The number of ketones is 1. The summed E-state index contributed by atoms with van der Waals surface area (Å²) in [5.74, 6) is 1.16. The van der Waals surface area contributed by atoms with Crippen LogP contribution in [0.25, 0.3) is 43.5 Å². The van der Waals surface area contributed by atoms with Crippen LogP contribution in [0.5, 0.6) is 0 Å². The molecule has 0 saturated carbocycles. The maximum atomic E-state index is 11.7. The van der Waals surface area contributed by atoms with Gasteiger partial charge in [-0.05, 0) is 71.9 Å². The predicted molar refractivity (Wildman–Crippen MR) is 204 cm³/mol. The molecule has 0 amide bonds. The van der Waals surface area contributed by atoms with Crippen LogP contribution in [0.4, 0.5) is 0 Å². The Morgan fingerprint density at radius 1 is 0.878 bits per heavy atom. The monoisotopic (exact) mass is 855 g/mol. The van der Waals surface area contributed by atoms with E-state index in [1.54, 1.807) is 17.7 Å². The van der Waals surface area contributed by atoms with Crippen molar-refractivity contribution in [1.82, 2.24) is 15.0 Å². The smallest absolute Gasteiger partial charge is 0.162 e. The fraction of sp³-hybridized carbons (Fsp3) is 0.429. The number of aliphatic hydroxyl groups excluding tert-OH is 1. The fourth-order valence-electron chi connectivity index (χ4n) is 6.14. The summed E-state index contributed by atoms with van der Waals surface area (Å²) in [5, 5.41) is 15.7. The molecule has 0 atom stereocenters. The molecule has 1 N–H and O–H groups in total. The summed E-state index contributed by atoms with van der Waals surface area (Å²) in [7, 11) is 0. The van der Waals surface area contributed by atoms with Gasteiger partial charge < -0.3 is 5.11 Å². The van der Waals surface area contributed by atoms with Crippen LogP contribution in [0, 0.1) is 23.8 Å². The predicted octanol–water partition coefficient (Wildman–Crippen LogP) is 11.7. The Bertz CT molecular complexity index is 1860. The Morgan fingerprint density at radius 2 is 1.51 bits per heavy atom. The van der Waals surface area contributed by atoms with E-state index in [1.807, 2.05) is 40.0 Å². The third kappa shape index (κ3) is 10.2. The average molecular weight is 855 g/mol. The number of carbonyl (C=O) groups excluding carboxylic acids is 1. The van der Waals surface area contributed by atoms with E-state index in [0.717, 1.165) is 60.1 Å². The van der Waals surface area contributed by atoms with Gasteiger partial charge in [-0.15, -0.1) is 40.5 Å². The molecule has 49 heavy (non-hydrogen) atoms. The van der Waals surface area contributed by atoms with Crippen molar-refractivity contribution in [2.45, 2.75) is 99.8 Å². The van der Waals surface area contributed by atoms with Crippen LogP contribution >= 0.6 is 11.3 Å². The molecule has 0 spiro atoms. The molecule has 2 aromatic carbocycles. The number of pyridine rings is 1. The number of carbonyl (C=O) groups is 1. The normalized spacial score (nSPS) is 12.0. The average Bonchev–Trinajstić information content (AvgIpc) is 3.46. The van der Waals surface area contributed by atoms with Crippen molar-refractivity contribution >= 4 is 38.0 Å². The zero-order chi connectivity index (χ0) is 35.0. The number of hydrogen-bond acceptors (Lipinski definition) is 6. The van der Waals surface area contributed by atoms with Crippen molar-refractivity contribution in [2.75, 3.05) is 0 Å². The van der Waals surface area contributed by atoms with Crippen molar-refractivity contribution < 1.29 is 30.0 Å². The van der Waals surface area contributed by atoms with E-state index < -0.39 is 0 Å². The first-order valence-corrected chi connectivity index (χ1v) is 18.4. The van der Waals surface area contributed by atoms with Crippen LogP contribution in [0.3, 0.4) is 0 Å². The molecule has 263 valence electrons. The summed E-state index contributed by atoms with van der Waals surface area (Å²) in [6, 6.07) is 18.5. The van der Waals surface area contributed by atoms with E-state index in [9.17, 15) is 9.90 Å². The number of rotatable bonds is 11. The molecule has 5 nitrogen and oxygen atoms in total. The molecule has 1 radical (unpaired) electrons. The van der Waals surface area contributed by atoms with Gasteiger partial charge in [0, 0.05) is 49.9 Å². The summed E-state index contributed by atoms with van der Waals surface area (Å²) < 4.78 is 1.22. The number of fused-ring (bicyclic) bond motifs is 2. The van der Waals surface area contributed by atoms with E-state index in [2.05, 4.69) is 92.4 Å². The molecule has 0 fully saturated rings. The molecule has 0 bridgehead atoms. The Balaban J connectivity index is 0.000000347. The van der Waals surface area contributed by atoms with Gasteiger partial charge in [0.05, 0.1) is 21.8 Å². The third-order valence-corrected chi connectivity index (χ3v) is 10.0. The molecule has 0 aliphatic carbocycles. The van der Waals surface area contributed by atoms with Gasteiger partial charge in [0.25, 0.3) is 0 Å². The summed E-state index contributed by atoms with van der Waals surface area (Å²) >= 11 is 1.76. The molecule has 3 heterocycles. The van der Waals surface area contributed by atoms with E-state index in [4.69, 9.17) is 4.98 Å². The Morgan fingerprint density at radius 3 is 2.14 bits per heavy atom. The Hall–Kier alpha value is -3.25. The van der Waals surface area contributed by atoms with Crippen LogP contribution in [-0.2, 0) is 36.7 Å². The summed E-state index contributed by atoms with van der Waals surface area (Å²) in [4.78, 5) is 25.6. The molecule has 0 unspecified atom stereocenters. The van der Waals surface area contributed by atoms with Gasteiger partial charge in [0.2, 0.25) is 0 Å². The number of thiophene rings is 1. The first kappa shape index (κ1) is 40.2. The molecule has 7 heteroatoms. The van der Waals surface area contributed by atoms with Crippen LogP contribution in [-0.4, -0.2) is 25.8 Å². The molecule has 0 saturated heterocycles. The van der Waals surface area contributed by atoms with Crippen LogP contribution in [0.15, 0.2) is 72.2 Å². The zero-order valence-corrected chi connectivity index (χ0v) is 33.8. The SMILES string of the molecule is CC(C)Cc1csc2cnc(-c3cc(-c4[c-]c5ccccc5c(C(C)(C)C)c4)ncn3)cc12.CCC(CC)C(=O)/C=C(\O)C(CC)CC.[Ir]. The molecule has 5 aromatic rings. The van der Waals surface area contributed by atoms with Crippen molar-refractivity contribution in [3.63, 3.8) is 0 Å². The Kier molecular flexibility index (Phi) is 14.9. The molecular weight excluding hydrogens is 803 g/mol. The van der Waals surface area contributed by atoms with Gasteiger partial charge in [0.1, 0.15) is 6.33 Å². The van der Waals surface area contributed by atoms with E-state index in [0.29, 0.717) is 5.92 Å². The molecule has 0 aliphatic heterocycles. The van der Waals surface area contributed by atoms with Gasteiger partial charge in [-0.3, -0.25) is 14.8 Å². The van der Waals surface area contributed by atoms with Gasteiger partial charge in [-0.2, -0.15) is 0 Å². The second-order valence-electron chi connectivity index (χ2n) is 14.1. The number of nitrogens with zero attached hydrogens (tertiary/aromatic N) is 3. The van der Waals surface area contributed by atoms with Crippen LogP contribution in [0.1, 0.15) is 99.1 Å². The minimum absolute atomic E-state index is 0. The second-order valence-corrected chi connectivity index (χ2v) is 15.0.